The Morgan fingerprint density at radius 2 is 1.95 bits per heavy atom. The second-order valence-electron chi connectivity index (χ2n) is 4.06. The first-order valence-corrected chi connectivity index (χ1v) is 5.57. The summed E-state index contributed by atoms with van der Waals surface area (Å²) in [7, 11) is 0. The number of nitrogens with zero attached hydrogens (tertiary/aromatic N) is 3. The summed E-state index contributed by atoms with van der Waals surface area (Å²) < 4.78 is 39.3. The highest BCUT2D eigenvalue weighted by Gasteiger charge is 2.35. The van der Waals surface area contributed by atoms with Crippen LogP contribution in [0, 0.1) is 0 Å². The van der Waals surface area contributed by atoms with Crippen LogP contribution >= 0.6 is 0 Å². The molecular formula is C12H7F3N4O. The number of hydrogen-bond acceptors (Lipinski definition) is 3. The van der Waals surface area contributed by atoms with Gasteiger partial charge in [-0.15, -0.1) is 0 Å². The van der Waals surface area contributed by atoms with E-state index in [0.717, 1.165) is 0 Å². The molecule has 0 saturated carbocycles. The van der Waals surface area contributed by atoms with E-state index < -0.39 is 17.4 Å². The molecule has 0 spiro atoms. The summed E-state index contributed by atoms with van der Waals surface area (Å²) in [6, 6.07) is 6.82. The lowest BCUT2D eigenvalue weighted by atomic mass is 10.3. The van der Waals surface area contributed by atoms with Gasteiger partial charge in [0, 0.05) is 18.3 Å². The second-order valence-corrected chi connectivity index (χ2v) is 4.06. The van der Waals surface area contributed by atoms with Crippen LogP contribution in [0.25, 0.3) is 17.0 Å². The predicted octanol–water partition coefficient (Wildman–Crippen LogP) is 2.10. The third-order valence-electron chi connectivity index (χ3n) is 2.67. The van der Waals surface area contributed by atoms with Crippen LogP contribution in [0.4, 0.5) is 13.2 Å². The lowest BCUT2D eigenvalue weighted by molar-refractivity contribution is -0.142. The van der Waals surface area contributed by atoms with Gasteiger partial charge in [0.15, 0.2) is 5.69 Å². The predicted molar refractivity (Wildman–Crippen MR) is 64.0 cm³/mol. The Labute approximate surface area is 109 Å². The molecule has 20 heavy (non-hydrogen) atoms. The van der Waals surface area contributed by atoms with Crippen LogP contribution in [-0.4, -0.2) is 19.6 Å². The largest absolute Gasteiger partial charge is 0.433 e. The molecule has 102 valence electrons. The van der Waals surface area contributed by atoms with Crippen molar-refractivity contribution < 1.29 is 13.2 Å². The number of fused-ring (bicyclic) bond motifs is 1. The molecule has 0 saturated heterocycles. The van der Waals surface area contributed by atoms with Gasteiger partial charge in [-0.25, -0.2) is 4.52 Å². The molecule has 0 unspecified atom stereocenters. The molecule has 8 heteroatoms. The Balaban J connectivity index is 2.29. The molecule has 0 aliphatic rings. The molecule has 3 rings (SSSR count). The third-order valence-corrected chi connectivity index (χ3v) is 2.67. The van der Waals surface area contributed by atoms with Gasteiger partial charge in [-0.1, -0.05) is 6.07 Å². The van der Waals surface area contributed by atoms with E-state index in [1.807, 2.05) is 0 Å². The normalized spacial score (nSPS) is 11.9. The summed E-state index contributed by atoms with van der Waals surface area (Å²) >= 11 is 0. The van der Waals surface area contributed by atoms with E-state index >= 15 is 0 Å². The fraction of sp³-hybridized carbons (Fsp3) is 0.0833. The van der Waals surface area contributed by atoms with Gasteiger partial charge in [0.1, 0.15) is 11.3 Å². The van der Waals surface area contributed by atoms with Crippen LogP contribution in [0.3, 0.4) is 0 Å². The van der Waals surface area contributed by atoms with Gasteiger partial charge in [0.25, 0.3) is 5.56 Å². The highest BCUT2D eigenvalue weighted by Crippen LogP contribution is 2.29. The molecular weight excluding hydrogens is 273 g/mol. The van der Waals surface area contributed by atoms with Crippen molar-refractivity contribution in [1.29, 1.82) is 0 Å². The molecule has 3 aromatic rings. The molecule has 0 radical (unpaired) electrons. The Morgan fingerprint density at radius 3 is 2.60 bits per heavy atom. The van der Waals surface area contributed by atoms with Crippen LogP contribution < -0.4 is 5.56 Å². The number of pyridine rings is 1. The summed E-state index contributed by atoms with van der Waals surface area (Å²) in [6.45, 7) is 0. The molecule has 3 heterocycles. The molecule has 0 aliphatic heterocycles. The maximum Gasteiger partial charge on any atom is 0.433 e. The van der Waals surface area contributed by atoms with Gasteiger partial charge in [-0.05, 0) is 12.1 Å². The van der Waals surface area contributed by atoms with Crippen molar-refractivity contribution in [3.8, 4) is 11.4 Å². The van der Waals surface area contributed by atoms with Crippen molar-refractivity contribution in [2.75, 3.05) is 0 Å². The van der Waals surface area contributed by atoms with Gasteiger partial charge in [-0.3, -0.25) is 9.78 Å². The highest BCUT2D eigenvalue weighted by atomic mass is 19.4. The number of hydrogen-bond donors (Lipinski definition) is 1. The van der Waals surface area contributed by atoms with E-state index in [1.54, 1.807) is 18.2 Å². The van der Waals surface area contributed by atoms with Gasteiger partial charge >= 0.3 is 6.18 Å². The van der Waals surface area contributed by atoms with E-state index in [0.29, 0.717) is 16.3 Å². The van der Waals surface area contributed by atoms with Gasteiger partial charge < -0.3 is 4.98 Å². The van der Waals surface area contributed by atoms with Gasteiger partial charge in [0.05, 0.1) is 5.69 Å². The van der Waals surface area contributed by atoms with Crippen LogP contribution in [0.2, 0.25) is 0 Å². The quantitative estimate of drug-likeness (QED) is 0.742. The maximum atomic E-state index is 12.9. The fourth-order valence-electron chi connectivity index (χ4n) is 1.84. The summed E-state index contributed by atoms with van der Waals surface area (Å²) in [5.41, 5.74) is -1.33. The van der Waals surface area contributed by atoms with Crippen molar-refractivity contribution in [2.45, 2.75) is 6.18 Å². The number of aromatic amines is 1. The second kappa shape index (κ2) is 4.19. The zero-order valence-electron chi connectivity index (χ0n) is 9.85. The summed E-state index contributed by atoms with van der Waals surface area (Å²) in [5.74, 6) is 0. The van der Waals surface area contributed by atoms with E-state index in [9.17, 15) is 18.0 Å². The van der Waals surface area contributed by atoms with Gasteiger partial charge in [0.2, 0.25) is 0 Å². The van der Waals surface area contributed by atoms with Crippen LogP contribution in [0.15, 0.2) is 41.3 Å². The van der Waals surface area contributed by atoms with Crippen molar-refractivity contribution >= 4 is 5.65 Å². The zero-order valence-corrected chi connectivity index (χ0v) is 9.85. The first-order valence-electron chi connectivity index (χ1n) is 5.57. The number of halogens is 3. The first-order chi connectivity index (χ1) is 9.45. The van der Waals surface area contributed by atoms with Crippen LogP contribution in [-0.2, 0) is 6.18 Å². The van der Waals surface area contributed by atoms with Crippen LogP contribution in [0.1, 0.15) is 5.69 Å². The monoisotopic (exact) mass is 280 g/mol. The Morgan fingerprint density at radius 1 is 1.15 bits per heavy atom. The molecule has 0 atom stereocenters. The molecule has 0 aromatic carbocycles. The Hall–Kier alpha value is -2.64. The minimum atomic E-state index is -4.67. The topological polar surface area (TPSA) is 63.1 Å². The van der Waals surface area contributed by atoms with Gasteiger partial charge in [-0.2, -0.15) is 18.3 Å². The average molecular weight is 280 g/mol. The van der Waals surface area contributed by atoms with E-state index in [2.05, 4.69) is 15.1 Å². The number of H-pyrrole nitrogens is 1. The highest BCUT2D eigenvalue weighted by molar-refractivity contribution is 5.60. The zero-order chi connectivity index (χ0) is 14.3. The Bertz CT molecular complexity index is 820. The molecule has 0 fully saturated rings. The number of alkyl halides is 3. The SMILES string of the molecule is O=c1cc(C(F)(F)F)n2nc(-c3ccccn3)cc2[nH]1. The average Bonchev–Trinajstić information content (AvgIpc) is 2.81. The smallest absolute Gasteiger partial charge is 0.307 e. The van der Waals surface area contributed by atoms with E-state index in [1.165, 1.54) is 12.3 Å². The lowest BCUT2D eigenvalue weighted by Gasteiger charge is -2.07. The minimum Gasteiger partial charge on any atom is -0.307 e. The summed E-state index contributed by atoms with van der Waals surface area (Å²) in [5, 5.41) is 3.85. The fourth-order valence-corrected chi connectivity index (χ4v) is 1.84. The van der Waals surface area contributed by atoms with Crippen molar-refractivity contribution in [2.24, 2.45) is 0 Å². The van der Waals surface area contributed by atoms with E-state index in [-0.39, 0.29) is 11.3 Å². The molecule has 5 nitrogen and oxygen atoms in total. The number of nitrogens with one attached hydrogen (secondary N) is 1. The molecule has 0 bridgehead atoms. The van der Waals surface area contributed by atoms with Crippen LogP contribution in [0.5, 0.6) is 0 Å². The van der Waals surface area contributed by atoms with E-state index in [4.69, 9.17) is 0 Å². The molecule has 3 aromatic heterocycles. The minimum absolute atomic E-state index is 0.0366. The standard InChI is InChI=1S/C12H7F3N4O/c13-12(14,15)9-6-11(20)17-10-5-8(18-19(9)10)7-3-1-2-4-16-7/h1-6H,(H,17,20). The third kappa shape index (κ3) is 2.04. The van der Waals surface area contributed by atoms with Crippen molar-refractivity contribution in [3.05, 3.63) is 52.6 Å². The lowest BCUT2D eigenvalue weighted by Crippen LogP contribution is -2.19. The number of rotatable bonds is 1. The summed E-state index contributed by atoms with van der Waals surface area (Å²) in [4.78, 5) is 17.6. The number of aromatic nitrogens is 4. The maximum absolute atomic E-state index is 12.9. The molecule has 0 amide bonds. The summed E-state index contributed by atoms with van der Waals surface area (Å²) in [6.07, 6.45) is -3.16. The van der Waals surface area contributed by atoms with Crippen molar-refractivity contribution in [1.82, 2.24) is 19.6 Å². The Kier molecular flexibility index (Phi) is 2.60. The molecule has 0 aliphatic carbocycles. The first kappa shape index (κ1) is 12.4. The molecule has 1 N–H and O–H groups in total. The van der Waals surface area contributed by atoms with Crippen molar-refractivity contribution in [3.63, 3.8) is 0 Å².